The summed E-state index contributed by atoms with van der Waals surface area (Å²) in [7, 11) is 0. The summed E-state index contributed by atoms with van der Waals surface area (Å²) in [5.74, 6) is 0.754. The summed E-state index contributed by atoms with van der Waals surface area (Å²) in [4.78, 5) is 14.8. The van der Waals surface area contributed by atoms with E-state index >= 15 is 0 Å². The molecule has 0 spiro atoms. The van der Waals surface area contributed by atoms with E-state index in [9.17, 15) is 4.79 Å². The molecule has 4 rings (SSSR count). The molecule has 100 valence electrons. The Morgan fingerprint density at radius 3 is 2.65 bits per heavy atom. The number of nitrogens with zero attached hydrogens (tertiary/aromatic N) is 1. The molecule has 1 aliphatic heterocycles. The van der Waals surface area contributed by atoms with Crippen LogP contribution in [0.1, 0.15) is 30.4 Å². The summed E-state index contributed by atoms with van der Waals surface area (Å²) in [6, 6.07) is 18.3. The van der Waals surface area contributed by atoms with Crippen LogP contribution in [0.4, 0.5) is 5.69 Å². The molecule has 0 bridgehead atoms. The molecule has 1 fully saturated rings. The number of amides is 1. The lowest BCUT2D eigenvalue weighted by Gasteiger charge is -2.26. The first-order valence-electron chi connectivity index (χ1n) is 7.16. The molecule has 20 heavy (non-hydrogen) atoms. The summed E-state index contributed by atoms with van der Waals surface area (Å²) in [6.07, 6.45) is 1.59. The van der Waals surface area contributed by atoms with Crippen molar-refractivity contribution < 1.29 is 4.79 Å². The molecule has 0 radical (unpaired) electrons. The van der Waals surface area contributed by atoms with E-state index in [-0.39, 0.29) is 11.4 Å². The normalized spacial score (nSPS) is 26.1. The van der Waals surface area contributed by atoms with Gasteiger partial charge < -0.3 is 4.90 Å². The van der Waals surface area contributed by atoms with Gasteiger partial charge in [-0.1, -0.05) is 48.5 Å². The van der Waals surface area contributed by atoms with Crippen LogP contribution in [-0.4, -0.2) is 11.4 Å². The highest BCUT2D eigenvalue weighted by Crippen LogP contribution is 2.64. The second kappa shape index (κ2) is 3.95. The van der Waals surface area contributed by atoms with Gasteiger partial charge >= 0.3 is 0 Å². The SMILES string of the molecule is CC12CC1c1ccccc1N2C(=O)Cc1ccccc1. The van der Waals surface area contributed by atoms with Gasteiger partial charge in [-0.05, 0) is 30.5 Å². The summed E-state index contributed by atoms with van der Waals surface area (Å²) >= 11 is 0. The summed E-state index contributed by atoms with van der Waals surface area (Å²) in [6.45, 7) is 2.21. The standard InChI is InChI=1S/C18H17NO/c1-18-12-15(18)14-9-5-6-10-16(14)19(18)17(20)11-13-7-3-2-4-8-13/h2-10,15H,11-12H2,1H3. The molecule has 0 saturated heterocycles. The third-order valence-electron chi connectivity index (χ3n) is 4.72. The summed E-state index contributed by atoms with van der Waals surface area (Å²) in [5, 5.41) is 0. The number of anilines is 1. The van der Waals surface area contributed by atoms with Crippen LogP contribution in [0.3, 0.4) is 0 Å². The average Bonchev–Trinajstić information content (AvgIpc) is 3.06. The van der Waals surface area contributed by atoms with Crippen molar-refractivity contribution >= 4 is 11.6 Å². The van der Waals surface area contributed by atoms with Crippen molar-refractivity contribution in [3.8, 4) is 0 Å². The molecular weight excluding hydrogens is 246 g/mol. The van der Waals surface area contributed by atoms with Crippen molar-refractivity contribution in [1.29, 1.82) is 0 Å². The molecule has 2 aromatic rings. The number of rotatable bonds is 2. The lowest BCUT2D eigenvalue weighted by atomic mass is 10.1. The highest BCUT2D eigenvalue weighted by atomic mass is 16.2. The number of hydrogen-bond acceptors (Lipinski definition) is 1. The van der Waals surface area contributed by atoms with E-state index in [1.165, 1.54) is 5.56 Å². The van der Waals surface area contributed by atoms with Crippen molar-refractivity contribution in [1.82, 2.24) is 0 Å². The maximum Gasteiger partial charge on any atom is 0.231 e. The Kier molecular flexibility index (Phi) is 2.31. The van der Waals surface area contributed by atoms with Crippen LogP contribution in [0.25, 0.3) is 0 Å². The zero-order chi connectivity index (χ0) is 13.7. The van der Waals surface area contributed by atoms with E-state index < -0.39 is 0 Å². The first-order chi connectivity index (χ1) is 9.70. The zero-order valence-corrected chi connectivity index (χ0v) is 11.5. The Balaban J connectivity index is 1.67. The van der Waals surface area contributed by atoms with E-state index in [4.69, 9.17) is 0 Å². The molecule has 1 heterocycles. The van der Waals surface area contributed by atoms with Gasteiger partial charge in [-0.15, -0.1) is 0 Å². The monoisotopic (exact) mass is 263 g/mol. The van der Waals surface area contributed by atoms with E-state index in [1.54, 1.807) is 0 Å². The third kappa shape index (κ3) is 1.54. The Labute approximate surface area is 119 Å². The van der Waals surface area contributed by atoms with Crippen LogP contribution in [0, 0.1) is 0 Å². The molecule has 2 aromatic carbocycles. The molecule has 2 unspecified atom stereocenters. The first-order valence-corrected chi connectivity index (χ1v) is 7.16. The van der Waals surface area contributed by atoms with Crippen LogP contribution in [0.15, 0.2) is 54.6 Å². The van der Waals surface area contributed by atoms with E-state index in [2.05, 4.69) is 25.1 Å². The number of carbonyl (C=O) groups excluding carboxylic acids is 1. The van der Waals surface area contributed by atoms with Crippen LogP contribution < -0.4 is 4.90 Å². The fourth-order valence-electron chi connectivity index (χ4n) is 3.58. The van der Waals surface area contributed by atoms with Gasteiger partial charge in [-0.2, -0.15) is 0 Å². The largest absolute Gasteiger partial charge is 0.305 e. The van der Waals surface area contributed by atoms with Gasteiger partial charge in [0.15, 0.2) is 0 Å². The molecule has 1 amide bonds. The fraction of sp³-hybridized carbons (Fsp3) is 0.278. The second-order valence-corrected chi connectivity index (χ2v) is 6.06. The predicted octanol–water partition coefficient (Wildman–Crippen LogP) is 3.52. The van der Waals surface area contributed by atoms with E-state index in [0.29, 0.717) is 12.3 Å². The smallest absolute Gasteiger partial charge is 0.231 e. The Morgan fingerprint density at radius 2 is 1.85 bits per heavy atom. The van der Waals surface area contributed by atoms with Gasteiger partial charge in [0.25, 0.3) is 0 Å². The summed E-state index contributed by atoms with van der Waals surface area (Å²) < 4.78 is 0. The second-order valence-electron chi connectivity index (χ2n) is 6.06. The van der Waals surface area contributed by atoms with E-state index in [0.717, 1.165) is 17.7 Å². The number of benzene rings is 2. The maximum atomic E-state index is 12.7. The van der Waals surface area contributed by atoms with Crippen molar-refractivity contribution in [2.75, 3.05) is 4.90 Å². The molecule has 1 aliphatic carbocycles. The van der Waals surface area contributed by atoms with Gasteiger partial charge in [0.1, 0.15) is 0 Å². The minimum absolute atomic E-state index is 0.0234. The maximum absolute atomic E-state index is 12.7. The molecular formula is C18H17NO. The highest BCUT2D eigenvalue weighted by Gasteiger charge is 2.62. The molecule has 2 nitrogen and oxygen atoms in total. The van der Waals surface area contributed by atoms with Crippen molar-refractivity contribution in [2.24, 2.45) is 0 Å². The molecule has 0 N–H and O–H groups in total. The Morgan fingerprint density at radius 1 is 1.15 bits per heavy atom. The topological polar surface area (TPSA) is 20.3 Å². The number of hydrogen-bond donors (Lipinski definition) is 0. The minimum Gasteiger partial charge on any atom is -0.305 e. The highest BCUT2D eigenvalue weighted by molar-refractivity contribution is 6.00. The Hall–Kier alpha value is -2.09. The van der Waals surface area contributed by atoms with Crippen LogP contribution in [0.2, 0.25) is 0 Å². The molecule has 2 heteroatoms. The van der Waals surface area contributed by atoms with Crippen LogP contribution >= 0.6 is 0 Å². The van der Waals surface area contributed by atoms with Crippen LogP contribution in [-0.2, 0) is 11.2 Å². The number of fused-ring (bicyclic) bond motifs is 3. The number of carbonyl (C=O) groups is 1. The Bertz CT molecular complexity index is 679. The average molecular weight is 263 g/mol. The van der Waals surface area contributed by atoms with Crippen LogP contribution in [0.5, 0.6) is 0 Å². The van der Waals surface area contributed by atoms with Crippen molar-refractivity contribution in [2.45, 2.75) is 31.2 Å². The van der Waals surface area contributed by atoms with Gasteiger partial charge in [0.2, 0.25) is 5.91 Å². The minimum atomic E-state index is 0.0234. The lowest BCUT2D eigenvalue weighted by Crippen LogP contribution is -2.39. The zero-order valence-electron chi connectivity index (χ0n) is 11.5. The van der Waals surface area contributed by atoms with E-state index in [1.807, 2.05) is 41.3 Å². The molecule has 1 saturated carbocycles. The van der Waals surface area contributed by atoms with Gasteiger partial charge in [-0.3, -0.25) is 4.79 Å². The molecule has 2 aliphatic rings. The first kappa shape index (κ1) is 11.7. The quantitative estimate of drug-likeness (QED) is 0.811. The molecule has 0 aromatic heterocycles. The number of para-hydroxylation sites is 1. The van der Waals surface area contributed by atoms with Crippen molar-refractivity contribution in [3.05, 3.63) is 65.7 Å². The predicted molar refractivity (Wildman–Crippen MR) is 79.8 cm³/mol. The fourth-order valence-corrected chi connectivity index (χ4v) is 3.58. The van der Waals surface area contributed by atoms with Gasteiger partial charge in [0, 0.05) is 11.6 Å². The third-order valence-corrected chi connectivity index (χ3v) is 4.72. The van der Waals surface area contributed by atoms with Crippen molar-refractivity contribution in [3.63, 3.8) is 0 Å². The summed E-state index contributed by atoms with van der Waals surface area (Å²) in [5.41, 5.74) is 3.57. The molecule has 2 atom stereocenters. The van der Waals surface area contributed by atoms with Gasteiger partial charge in [0.05, 0.1) is 12.0 Å². The lowest BCUT2D eigenvalue weighted by molar-refractivity contribution is -0.118. The van der Waals surface area contributed by atoms with Gasteiger partial charge in [-0.25, -0.2) is 0 Å².